The Morgan fingerprint density at radius 2 is 1.76 bits per heavy atom. The molecular weight excluding hydrogens is 366 g/mol. The Kier molecular flexibility index (Phi) is 7.02. The summed E-state index contributed by atoms with van der Waals surface area (Å²) in [4.78, 5) is 19.3. The standard InChI is InChI=1S/C22H29N5O2/c1-17-11-18(2)13-20(12-17)27(6-4-5-23)22(28)16-26-9-7-25(8-10-26)15-21-14-19(3)24-29-21/h11-14H,4,6-10,15-16H2,1-3H3. The van der Waals surface area contributed by atoms with E-state index >= 15 is 0 Å². The van der Waals surface area contributed by atoms with Gasteiger partial charge >= 0.3 is 0 Å². The predicted octanol–water partition coefficient (Wildman–Crippen LogP) is 2.66. The normalized spacial score (nSPS) is 15.2. The molecule has 29 heavy (non-hydrogen) atoms. The summed E-state index contributed by atoms with van der Waals surface area (Å²) >= 11 is 0. The maximum absolute atomic E-state index is 13.1. The van der Waals surface area contributed by atoms with Gasteiger partial charge in [-0.1, -0.05) is 11.2 Å². The zero-order chi connectivity index (χ0) is 20.8. The van der Waals surface area contributed by atoms with Gasteiger partial charge in [0.1, 0.15) is 0 Å². The summed E-state index contributed by atoms with van der Waals surface area (Å²) in [6.45, 7) is 10.9. The van der Waals surface area contributed by atoms with Gasteiger partial charge in [-0.15, -0.1) is 0 Å². The van der Waals surface area contributed by atoms with Crippen molar-refractivity contribution in [3.63, 3.8) is 0 Å². The number of nitriles is 1. The predicted molar refractivity (Wildman–Crippen MR) is 111 cm³/mol. The van der Waals surface area contributed by atoms with Gasteiger partial charge in [-0.05, 0) is 44.0 Å². The molecule has 7 heteroatoms. The van der Waals surface area contributed by atoms with Gasteiger partial charge in [-0.3, -0.25) is 14.6 Å². The highest BCUT2D eigenvalue weighted by Crippen LogP contribution is 2.20. The number of hydrogen-bond acceptors (Lipinski definition) is 6. The highest BCUT2D eigenvalue weighted by Gasteiger charge is 2.23. The van der Waals surface area contributed by atoms with Crippen LogP contribution in [0.5, 0.6) is 0 Å². The van der Waals surface area contributed by atoms with E-state index in [0.29, 0.717) is 19.5 Å². The second-order valence-corrected chi connectivity index (χ2v) is 7.79. The van der Waals surface area contributed by atoms with Gasteiger partial charge in [-0.2, -0.15) is 5.26 Å². The Morgan fingerprint density at radius 1 is 1.10 bits per heavy atom. The van der Waals surface area contributed by atoms with E-state index in [9.17, 15) is 4.79 Å². The first-order chi connectivity index (χ1) is 13.9. The molecule has 1 amide bonds. The van der Waals surface area contributed by atoms with Gasteiger partial charge in [-0.25, -0.2) is 0 Å². The van der Waals surface area contributed by atoms with E-state index in [1.807, 2.05) is 39.0 Å². The second-order valence-electron chi connectivity index (χ2n) is 7.79. The van der Waals surface area contributed by atoms with Crippen molar-refractivity contribution in [2.24, 2.45) is 0 Å². The van der Waals surface area contributed by atoms with Crippen molar-refractivity contribution in [1.82, 2.24) is 15.0 Å². The van der Waals surface area contributed by atoms with Gasteiger partial charge in [0, 0.05) is 44.5 Å². The number of aryl methyl sites for hydroxylation is 3. The van der Waals surface area contributed by atoms with Crippen LogP contribution in [-0.2, 0) is 11.3 Å². The van der Waals surface area contributed by atoms with Crippen molar-refractivity contribution in [1.29, 1.82) is 5.26 Å². The summed E-state index contributed by atoms with van der Waals surface area (Å²) in [6.07, 6.45) is 0.323. The Labute approximate surface area is 172 Å². The van der Waals surface area contributed by atoms with Crippen LogP contribution in [0.15, 0.2) is 28.8 Å². The highest BCUT2D eigenvalue weighted by molar-refractivity contribution is 5.95. The van der Waals surface area contributed by atoms with Crippen molar-refractivity contribution in [3.05, 3.63) is 46.8 Å². The lowest BCUT2D eigenvalue weighted by atomic mass is 10.1. The molecule has 0 N–H and O–H groups in total. The molecule has 0 saturated carbocycles. The number of nitrogens with zero attached hydrogens (tertiary/aromatic N) is 5. The first kappa shape index (κ1) is 21.0. The summed E-state index contributed by atoms with van der Waals surface area (Å²) < 4.78 is 5.30. The maximum atomic E-state index is 13.1. The number of carbonyl (C=O) groups is 1. The lowest BCUT2D eigenvalue weighted by Crippen LogP contribution is -2.50. The Morgan fingerprint density at radius 3 is 2.34 bits per heavy atom. The molecule has 7 nitrogen and oxygen atoms in total. The number of piperazine rings is 1. The van der Waals surface area contributed by atoms with Crippen molar-refractivity contribution >= 4 is 11.6 Å². The topological polar surface area (TPSA) is 76.6 Å². The SMILES string of the molecule is Cc1cc(C)cc(N(CCC#N)C(=O)CN2CCN(Cc3cc(C)no3)CC2)c1. The number of hydrogen-bond donors (Lipinski definition) is 0. The third kappa shape index (κ3) is 5.89. The van der Waals surface area contributed by atoms with Gasteiger partial charge in [0.05, 0.1) is 31.3 Å². The molecule has 1 aliphatic rings. The van der Waals surface area contributed by atoms with Crippen LogP contribution < -0.4 is 4.90 Å². The van der Waals surface area contributed by atoms with E-state index in [1.165, 1.54) is 0 Å². The Balaban J connectivity index is 1.57. The van der Waals surface area contributed by atoms with Crippen LogP contribution in [-0.4, -0.2) is 60.1 Å². The minimum atomic E-state index is 0.0459. The van der Waals surface area contributed by atoms with Crippen LogP contribution in [0.3, 0.4) is 0 Å². The number of anilines is 1. The van der Waals surface area contributed by atoms with Crippen LogP contribution in [0, 0.1) is 32.1 Å². The monoisotopic (exact) mass is 395 g/mol. The van der Waals surface area contributed by atoms with Gasteiger partial charge < -0.3 is 9.42 Å². The van der Waals surface area contributed by atoms with E-state index in [4.69, 9.17) is 9.78 Å². The zero-order valence-corrected chi connectivity index (χ0v) is 17.5. The largest absolute Gasteiger partial charge is 0.360 e. The average molecular weight is 396 g/mol. The maximum Gasteiger partial charge on any atom is 0.241 e. The van der Waals surface area contributed by atoms with Gasteiger partial charge in [0.25, 0.3) is 0 Å². The van der Waals surface area contributed by atoms with Crippen LogP contribution in [0.25, 0.3) is 0 Å². The lowest BCUT2D eigenvalue weighted by Gasteiger charge is -2.35. The fourth-order valence-corrected chi connectivity index (χ4v) is 3.76. The molecule has 154 valence electrons. The molecule has 0 atom stereocenters. The summed E-state index contributed by atoms with van der Waals surface area (Å²) in [5, 5.41) is 12.9. The zero-order valence-electron chi connectivity index (χ0n) is 17.5. The highest BCUT2D eigenvalue weighted by atomic mass is 16.5. The smallest absolute Gasteiger partial charge is 0.241 e. The molecule has 0 spiro atoms. The molecule has 1 aliphatic heterocycles. The third-order valence-electron chi connectivity index (χ3n) is 5.15. The van der Waals surface area contributed by atoms with Crippen molar-refractivity contribution in [2.75, 3.05) is 44.2 Å². The Bertz CT molecular complexity index is 857. The molecule has 1 saturated heterocycles. The summed E-state index contributed by atoms with van der Waals surface area (Å²) in [7, 11) is 0. The first-order valence-electron chi connectivity index (χ1n) is 10.1. The molecule has 0 unspecified atom stereocenters. The molecule has 2 aromatic rings. The summed E-state index contributed by atoms with van der Waals surface area (Å²) in [6, 6.07) is 10.2. The molecule has 3 rings (SSSR count). The fourth-order valence-electron chi connectivity index (χ4n) is 3.76. The quantitative estimate of drug-likeness (QED) is 0.717. The molecule has 2 heterocycles. The Hall–Kier alpha value is -2.69. The molecule has 0 aliphatic carbocycles. The van der Waals surface area contributed by atoms with Crippen molar-refractivity contribution in [2.45, 2.75) is 33.7 Å². The third-order valence-corrected chi connectivity index (χ3v) is 5.15. The molecule has 1 aromatic heterocycles. The van der Waals surface area contributed by atoms with E-state index in [2.05, 4.69) is 27.1 Å². The molecule has 0 radical (unpaired) electrons. The average Bonchev–Trinajstić information content (AvgIpc) is 3.07. The fraction of sp³-hybridized carbons (Fsp3) is 0.500. The molecular formula is C22H29N5O2. The van der Waals surface area contributed by atoms with Crippen LogP contribution in [0.2, 0.25) is 0 Å². The van der Waals surface area contributed by atoms with E-state index < -0.39 is 0 Å². The van der Waals surface area contributed by atoms with Crippen LogP contribution in [0.4, 0.5) is 5.69 Å². The summed E-state index contributed by atoms with van der Waals surface area (Å²) in [5.74, 6) is 0.925. The number of aromatic nitrogens is 1. The number of carbonyl (C=O) groups excluding carboxylic acids is 1. The second kappa shape index (κ2) is 9.68. The first-order valence-corrected chi connectivity index (χ1v) is 10.1. The summed E-state index contributed by atoms with van der Waals surface area (Å²) in [5.41, 5.74) is 4.01. The van der Waals surface area contributed by atoms with E-state index in [-0.39, 0.29) is 5.91 Å². The number of amides is 1. The van der Waals surface area contributed by atoms with Gasteiger partial charge in [0.2, 0.25) is 5.91 Å². The van der Waals surface area contributed by atoms with Crippen molar-refractivity contribution in [3.8, 4) is 6.07 Å². The van der Waals surface area contributed by atoms with Crippen LogP contribution in [0.1, 0.15) is 29.0 Å². The minimum absolute atomic E-state index is 0.0459. The molecule has 1 fully saturated rings. The lowest BCUT2D eigenvalue weighted by molar-refractivity contribution is -0.120. The van der Waals surface area contributed by atoms with E-state index in [0.717, 1.165) is 61.0 Å². The number of benzene rings is 1. The van der Waals surface area contributed by atoms with Crippen LogP contribution >= 0.6 is 0 Å². The number of rotatable bonds is 7. The van der Waals surface area contributed by atoms with E-state index in [1.54, 1.807) is 4.90 Å². The minimum Gasteiger partial charge on any atom is -0.360 e. The van der Waals surface area contributed by atoms with Crippen molar-refractivity contribution < 1.29 is 9.32 Å². The molecule has 1 aromatic carbocycles. The van der Waals surface area contributed by atoms with Gasteiger partial charge in [0.15, 0.2) is 5.76 Å². The molecule has 0 bridgehead atoms.